The number of carbonyl (C=O) groups is 2. The molecule has 1 aliphatic rings. The number of aromatic carboxylic acids is 1. The fraction of sp³-hybridized carbons (Fsp3) is 0.545. The second kappa shape index (κ2) is 5.92. The molecule has 0 bridgehead atoms. The molecule has 1 aliphatic heterocycles. The fourth-order valence-corrected chi connectivity index (χ4v) is 2.60. The molecule has 2 rings (SSSR count). The van der Waals surface area contributed by atoms with Crippen molar-refractivity contribution in [1.82, 2.24) is 15.6 Å². The van der Waals surface area contributed by atoms with Gasteiger partial charge in [0.05, 0.1) is 6.54 Å². The summed E-state index contributed by atoms with van der Waals surface area (Å²) in [5.41, 5.74) is 0.0294. The summed E-state index contributed by atoms with van der Waals surface area (Å²) < 4.78 is 0. The molecule has 98 valence electrons. The Labute approximate surface area is 108 Å². The lowest BCUT2D eigenvalue weighted by Crippen LogP contribution is -2.31. The van der Waals surface area contributed by atoms with Gasteiger partial charge < -0.3 is 15.7 Å². The molecular weight excluding hydrogens is 254 g/mol. The molecule has 6 nitrogen and oxygen atoms in total. The summed E-state index contributed by atoms with van der Waals surface area (Å²) in [6, 6.07) is 0.274. The summed E-state index contributed by atoms with van der Waals surface area (Å²) in [5, 5.41) is 16.8. The summed E-state index contributed by atoms with van der Waals surface area (Å²) in [7, 11) is 0. The highest BCUT2D eigenvalue weighted by Gasteiger charge is 2.17. The predicted molar refractivity (Wildman–Crippen MR) is 66.6 cm³/mol. The van der Waals surface area contributed by atoms with Crippen LogP contribution in [-0.4, -0.2) is 34.6 Å². The van der Waals surface area contributed by atoms with Crippen LogP contribution < -0.4 is 10.6 Å². The van der Waals surface area contributed by atoms with Crippen LogP contribution in [0.25, 0.3) is 0 Å². The monoisotopic (exact) mass is 269 g/mol. The number of rotatable bonds is 5. The molecule has 1 atom stereocenters. The van der Waals surface area contributed by atoms with Crippen molar-refractivity contribution in [3.63, 3.8) is 0 Å². The quantitative estimate of drug-likeness (QED) is 0.728. The van der Waals surface area contributed by atoms with E-state index in [2.05, 4.69) is 15.6 Å². The SMILES string of the molecule is O=C(CC1CCCN1)NCc1nc(C(=O)O)cs1. The third-order valence-corrected chi connectivity index (χ3v) is 3.65. The van der Waals surface area contributed by atoms with Crippen LogP contribution in [-0.2, 0) is 11.3 Å². The molecule has 3 N–H and O–H groups in total. The van der Waals surface area contributed by atoms with Crippen LogP contribution >= 0.6 is 11.3 Å². The molecular formula is C11H15N3O3S. The Morgan fingerprint density at radius 3 is 3.06 bits per heavy atom. The van der Waals surface area contributed by atoms with Gasteiger partial charge in [-0.1, -0.05) is 0 Å². The average Bonchev–Trinajstić information content (AvgIpc) is 2.96. The van der Waals surface area contributed by atoms with Gasteiger partial charge in [0.15, 0.2) is 5.69 Å². The molecule has 1 aromatic heterocycles. The molecule has 1 fully saturated rings. The zero-order chi connectivity index (χ0) is 13.0. The third-order valence-electron chi connectivity index (χ3n) is 2.80. The van der Waals surface area contributed by atoms with Crippen molar-refractivity contribution in [3.8, 4) is 0 Å². The fourth-order valence-electron chi connectivity index (χ4n) is 1.89. The van der Waals surface area contributed by atoms with Crippen molar-refractivity contribution >= 4 is 23.2 Å². The summed E-state index contributed by atoms with van der Waals surface area (Å²) in [6.45, 7) is 1.27. The highest BCUT2D eigenvalue weighted by molar-refractivity contribution is 7.09. The lowest BCUT2D eigenvalue weighted by atomic mass is 10.1. The van der Waals surface area contributed by atoms with Crippen LogP contribution in [0.2, 0.25) is 0 Å². The number of nitrogens with zero attached hydrogens (tertiary/aromatic N) is 1. The number of carboxylic acids is 1. The minimum absolute atomic E-state index is 0.0264. The molecule has 1 unspecified atom stereocenters. The minimum atomic E-state index is -1.04. The van der Waals surface area contributed by atoms with E-state index in [1.54, 1.807) is 0 Å². The molecule has 1 saturated heterocycles. The Morgan fingerprint density at radius 1 is 1.61 bits per heavy atom. The molecule has 0 radical (unpaired) electrons. The predicted octanol–water partition coefficient (Wildman–Crippen LogP) is 0.600. The molecule has 7 heteroatoms. The highest BCUT2D eigenvalue weighted by Crippen LogP contribution is 2.11. The smallest absolute Gasteiger partial charge is 0.355 e. The maximum absolute atomic E-state index is 11.6. The average molecular weight is 269 g/mol. The largest absolute Gasteiger partial charge is 0.476 e. The normalized spacial score (nSPS) is 18.8. The van der Waals surface area contributed by atoms with Crippen LogP contribution in [0, 0.1) is 0 Å². The van der Waals surface area contributed by atoms with E-state index in [-0.39, 0.29) is 17.6 Å². The van der Waals surface area contributed by atoms with Crippen molar-refractivity contribution in [1.29, 1.82) is 0 Å². The van der Waals surface area contributed by atoms with Gasteiger partial charge in [-0.3, -0.25) is 4.79 Å². The number of amides is 1. The van der Waals surface area contributed by atoms with Gasteiger partial charge >= 0.3 is 5.97 Å². The van der Waals surface area contributed by atoms with Crippen LogP contribution in [0.3, 0.4) is 0 Å². The van der Waals surface area contributed by atoms with Gasteiger partial charge in [-0.25, -0.2) is 9.78 Å². The molecule has 0 aliphatic carbocycles. The zero-order valence-corrected chi connectivity index (χ0v) is 10.6. The molecule has 18 heavy (non-hydrogen) atoms. The van der Waals surface area contributed by atoms with E-state index in [0.717, 1.165) is 19.4 Å². The third kappa shape index (κ3) is 3.51. The van der Waals surface area contributed by atoms with Crippen molar-refractivity contribution in [2.45, 2.75) is 31.8 Å². The summed E-state index contributed by atoms with van der Waals surface area (Å²) in [6.07, 6.45) is 2.62. The van der Waals surface area contributed by atoms with Crippen LogP contribution in [0.4, 0.5) is 0 Å². The van der Waals surface area contributed by atoms with Crippen LogP contribution in [0.1, 0.15) is 34.8 Å². The van der Waals surface area contributed by atoms with Crippen molar-refractivity contribution in [3.05, 3.63) is 16.1 Å². The van der Waals surface area contributed by atoms with E-state index >= 15 is 0 Å². The number of hydrogen-bond acceptors (Lipinski definition) is 5. The first kappa shape index (κ1) is 13.0. The molecule has 0 aromatic carbocycles. The van der Waals surface area contributed by atoms with E-state index in [0.29, 0.717) is 18.0 Å². The number of thiazole rings is 1. The second-order valence-corrected chi connectivity index (χ2v) is 5.15. The Balaban J connectivity index is 1.76. The van der Waals surface area contributed by atoms with E-state index in [4.69, 9.17) is 5.11 Å². The first-order chi connectivity index (χ1) is 8.65. The maximum Gasteiger partial charge on any atom is 0.355 e. The van der Waals surface area contributed by atoms with Gasteiger partial charge in [0.1, 0.15) is 5.01 Å². The van der Waals surface area contributed by atoms with Crippen LogP contribution in [0.15, 0.2) is 5.38 Å². The number of hydrogen-bond donors (Lipinski definition) is 3. The van der Waals surface area contributed by atoms with Gasteiger partial charge in [0, 0.05) is 17.8 Å². The Hall–Kier alpha value is -1.47. The van der Waals surface area contributed by atoms with Crippen molar-refractivity contribution in [2.24, 2.45) is 0 Å². The number of aromatic nitrogens is 1. The van der Waals surface area contributed by atoms with Gasteiger partial charge in [-0.2, -0.15) is 0 Å². The first-order valence-corrected chi connectivity index (χ1v) is 6.71. The van der Waals surface area contributed by atoms with Gasteiger partial charge in [0.25, 0.3) is 0 Å². The molecule has 0 spiro atoms. The number of carboxylic acid groups (broad SMARTS) is 1. The summed E-state index contributed by atoms with van der Waals surface area (Å²) >= 11 is 1.24. The lowest BCUT2D eigenvalue weighted by Gasteiger charge is -2.09. The van der Waals surface area contributed by atoms with Gasteiger partial charge in [-0.15, -0.1) is 11.3 Å². The number of nitrogens with one attached hydrogen (secondary N) is 2. The van der Waals surface area contributed by atoms with Gasteiger partial charge in [-0.05, 0) is 19.4 Å². The van der Waals surface area contributed by atoms with Gasteiger partial charge in [0.2, 0.25) is 5.91 Å². The molecule has 0 saturated carbocycles. The highest BCUT2D eigenvalue weighted by atomic mass is 32.1. The van der Waals surface area contributed by atoms with E-state index in [1.807, 2.05) is 0 Å². The summed E-state index contributed by atoms with van der Waals surface area (Å²) in [5.74, 6) is -1.07. The standard InChI is InChI=1S/C11H15N3O3S/c15-9(4-7-2-1-3-12-7)13-5-10-14-8(6-18-10)11(16)17/h6-7,12H,1-5H2,(H,13,15)(H,16,17). The van der Waals surface area contributed by atoms with Crippen LogP contribution in [0.5, 0.6) is 0 Å². The zero-order valence-electron chi connectivity index (χ0n) is 9.81. The topological polar surface area (TPSA) is 91.3 Å². The first-order valence-electron chi connectivity index (χ1n) is 5.83. The van der Waals surface area contributed by atoms with E-state index < -0.39 is 5.97 Å². The summed E-state index contributed by atoms with van der Waals surface area (Å²) in [4.78, 5) is 26.2. The van der Waals surface area contributed by atoms with Crippen molar-refractivity contribution < 1.29 is 14.7 Å². The Kier molecular flexibility index (Phi) is 4.27. The molecule has 1 aromatic rings. The Bertz CT molecular complexity index is 440. The Morgan fingerprint density at radius 2 is 2.44 bits per heavy atom. The van der Waals surface area contributed by atoms with Crippen molar-refractivity contribution in [2.75, 3.05) is 6.54 Å². The van der Waals surface area contributed by atoms with E-state index in [9.17, 15) is 9.59 Å². The maximum atomic E-state index is 11.6. The minimum Gasteiger partial charge on any atom is -0.476 e. The lowest BCUT2D eigenvalue weighted by molar-refractivity contribution is -0.121. The number of carbonyl (C=O) groups excluding carboxylic acids is 1. The van der Waals surface area contributed by atoms with E-state index in [1.165, 1.54) is 16.7 Å². The molecule has 2 heterocycles. The second-order valence-electron chi connectivity index (χ2n) is 4.21. The molecule has 1 amide bonds.